The summed E-state index contributed by atoms with van der Waals surface area (Å²) in [6, 6.07) is 15.2. The van der Waals surface area contributed by atoms with Crippen molar-refractivity contribution < 1.29 is 4.74 Å². The molecule has 2 heterocycles. The molecule has 0 fully saturated rings. The van der Waals surface area contributed by atoms with Gasteiger partial charge in [0.15, 0.2) is 5.17 Å². The maximum absolute atomic E-state index is 12.5. The van der Waals surface area contributed by atoms with Gasteiger partial charge >= 0.3 is 0 Å². The fourth-order valence-electron chi connectivity index (χ4n) is 3.09. The number of fused-ring (bicyclic) bond motifs is 1. The van der Waals surface area contributed by atoms with E-state index < -0.39 is 0 Å². The van der Waals surface area contributed by atoms with E-state index >= 15 is 0 Å². The molecule has 0 aliphatic carbocycles. The van der Waals surface area contributed by atoms with Gasteiger partial charge in [0.05, 0.1) is 16.2 Å². The maximum Gasteiger partial charge on any atom is 0.261 e. The van der Waals surface area contributed by atoms with Crippen LogP contribution in [-0.4, -0.2) is 20.0 Å². The number of hydrogen-bond donors (Lipinski definition) is 1. The van der Waals surface area contributed by atoms with Crippen LogP contribution in [0.2, 0.25) is 0 Å². The van der Waals surface area contributed by atoms with Crippen LogP contribution in [0.1, 0.15) is 11.4 Å². The van der Waals surface area contributed by atoms with Gasteiger partial charge in [0.2, 0.25) is 0 Å². The highest BCUT2D eigenvalue weighted by molar-refractivity contribution is 8.14. The van der Waals surface area contributed by atoms with E-state index in [2.05, 4.69) is 16.6 Å². The molecule has 142 valence electrons. The molecule has 7 heteroatoms. The topological polar surface area (TPSA) is 82.5 Å². The minimum absolute atomic E-state index is 0.0738. The van der Waals surface area contributed by atoms with Crippen LogP contribution in [0, 0.1) is 0 Å². The van der Waals surface area contributed by atoms with E-state index in [9.17, 15) is 4.79 Å². The molecule has 2 aromatic carbocycles. The number of rotatable bonds is 5. The van der Waals surface area contributed by atoms with Crippen LogP contribution in [0.5, 0.6) is 5.75 Å². The lowest BCUT2D eigenvalue weighted by molar-refractivity contribution is 0.289. The van der Waals surface area contributed by atoms with Gasteiger partial charge in [-0.25, -0.2) is 9.98 Å². The number of nitrogens with two attached hydrogens (primary N) is 1. The normalized spacial score (nSPS) is 16.4. The van der Waals surface area contributed by atoms with E-state index in [1.807, 2.05) is 42.5 Å². The molecular formula is C21H20N4O2S. The molecule has 0 bridgehead atoms. The van der Waals surface area contributed by atoms with Crippen molar-refractivity contribution in [2.75, 3.05) is 0 Å². The van der Waals surface area contributed by atoms with E-state index in [-0.39, 0.29) is 17.4 Å². The second-order valence-electron chi connectivity index (χ2n) is 6.59. The standard InChI is InChI=1S/C21H20N4O2S/c1-13-18(28-21(22)23-13)11-14-7-9-15(10-8-14)27-12-19-24-17-6-4-3-5-16(17)20(26)25(19)2/h3-10,18H,1,11-12H2,2H3,(H2,22,23). The first-order valence-electron chi connectivity index (χ1n) is 8.87. The van der Waals surface area contributed by atoms with Crippen LogP contribution < -0.4 is 16.0 Å². The van der Waals surface area contributed by atoms with Crippen LogP contribution in [0.3, 0.4) is 0 Å². The first kappa shape index (κ1) is 18.3. The highest BCUT2D eigenvalue weighted by Gasteiger charge is 2.21. The zero-order valence-corrected chi connectivity index (χ0v) is 16.3. The lowest BCUT2D eigenvalue weighted by Crippen LogP contribution is -2.23. The molecule has 0 amide bonds. The summed E-state index contributed by atoms with van der Waals surface area (Å²) < 4.78 is 7.38. The molecule has 3 aromatic rings. The number of para-hydroxylation sites is 1. The second-order valence-corrected chi connectivity index (χ2v) is 7.82. The summed E-state index contributed by atoms with van der Waals surface area (Å²) in [5.41, 5.74) is 8.32. The maximum atomic E-state index is 12.5. The number of amidine groups is 1. The Kier molecular flexibility index (Phi) is 4.92. The molecule has 1 aromatic heterocycles. The molecule has 1 aliphatic heterocycles. The predicted octanol–water partition coefficient (Wildman–Crippen LogP) is 3.00. The van der Waals surface area contributed by atoms with Crippen molar-refractivity contribution in [1.29, 1.82) is 0 Å². The summed E-state index contributed by atoms with van der Waals surface area (Å²) in [6.07, 6.45) is 0.814. The Morgan fingerprint density at radius 2 is 1.96 bits per heavy atom. The zero-order chi connectivity index (χ0) is 19.7. The summed E-state index contributed by atoms with van der Waals surface area (Å²) in [7, 11) is 1.71. The Morgan fingerprint density at radius 3 is 2.68 bits per heavy atom. The monoisotopic (exact) mass is 392 g/mol. The minimum atomic E-state index is -0.0738. The zero-order valence-electron chi connectivity index (χ0n) is 15.5. The Morgan fingerprint density at radius 1 is 1.21 bits per heavy atom. The molecule has 28 heavy (non-hydrogen) atoms. The fourth-order valence-corrected chi connectivity index (χ4v) is 4.02. The molecule has 0 spiro atoms. The molecule has 1 atom stereocenters. The molecule has 6 nitrogen and oxygen atoms in total. The molecular weight excluding hydrogens is 372 g/mol. The third kappa shape index (κ3) is 3.66. The average molecular weight is 392 g/mol. The third-order valence-corrected chi connectivity index (χ3v) is 5.73. The van der Waals surface area contributed by atoms with Crippen molar-refractivity contribution in [3.8, 4) is 5.75 Å². The van der Waals surface area contributed by atoms with Gasteiger partial charge in [0.25, 0.3) is 5.56 Å². The van der Waals surface area contributed by atoms with Gasteiger partial charge in [0, 0.05) is 12.7 Å². The first-order valence-corrected chi connectivity index (χ1v) is 9.75. The minimum Gasteiger partial charge on any atom is -0.486 e. The van der Waals surface area contributed by atoms with Gasteiger partial charge in [-0.3, -0.25) is 9.36 Å². The summed E-state index contributed by atoms with van der Waals surface area (Å²) in [6.45, 7) is 4.17. The Balaban J connectivity index is 1.44. The number of aromatic nitrogens is 2. The van der Waals surface area contributed by atoms with Crippen molar-refractivity contribution >= 4 is 27.8 Å². The van der Waals surface area contributed by atoms with Crippen molar-refractivity contribution in [1.82, 2.24) is 9.55 Å². The smallest absolute Gasteiger partial charge is 0.261 e. The lowest BCUT2D eigenvalue weighted by atomic mass is 10.1. The van der Waals surface area contributed by atoms with Gasteiger partial charge in [-0.15, -0.1) is 0 Å². The number of nitrogens with zero attached hydrogens (tertiary/aromatic N) is 3. The van der Waals surface area contributed by atoms with Crippen molar-refractivity contribution in [3.63, 3.8) is 0 Å². The molecule has 1 aliphatic rings. The van der Waals surface area contributed by atoms with Gasteiger partial charge in [0.1, 0.15) is 18.2 Å². The number of benzene rings is 2. The van der Waals surface area contributed by atoms with E-state index in [0.29, 0.717) is 21.9 Å². The van der Waals surface area contributed by atoms with Crippen LogP contribution in [0.15, 0.2) is 70.6 Å². The van der Waals surface area contributed by atoms with Crippen molar-refractivity contribution in [2.45, 2.75) is 18.3 Å². The van der Waals surface area contributed by atoms with E-state index in [0.717, 1.165) is 23.4 Å². The van der Waals surface area contributed by atoms with Crippen molar-refractivity contribution in [3.05, 3.63) is 82.5 Å². The van der Waals surface area contributed by atoms with Gasteiger partial charge in [-0.1, -0.05) is 42.6 Å². The average Bonchev–Trinajstić information content (AvgIpc) is 3.01. The second kappa shape index (κ2) is 7.52. The summed E-state index contributed by atoms with van der Waals surface area (Å²) in [4.78, 5) is 21.2. The van der Waals surface area contributed by atoms with Crippen LogP contribution in [0.4, 0.5) is 0 Å². The van der Waals surface area contributed by atoms with Crippen molar-refractivity contribution in [2.24, 2.45) is 17.8 Å². The Hall–Kier alpha value is -3.06. The molecule has 4 rings (SSSR count). The molecule has 0 radical (unpaired) electrons. The number of hydrogen-bond acceptors (Lipinski definition) is 6. The Bertz CT molecular complexity index is 1140. The third-order valence-electron chi connectivity index (χ3n) is 4.68. The van der Waals surface area contributed by atoms with Gasteiger partial charge in [-0.2, -0.15) is 0 Å². The van der Waals surface area contributed by atoms with E-state index in [4.69, 9.17) is 10.5 Å². The summed E-state index contributed by atoms with van der Waals surface area (Å²) in [5.74, 6) is 1.30. The number of thioether (sulfide) groups is 1. The van der Waals surface area contributed by atoms with Gasteiger partial charge < -0.3 is 10.5 Å². The lowest BCUT2D eigenvalue weighted by Gasteiger charge is -2.12. The van der Waals surface area contributed by atoms with Gasteiger partial charge in [-0.05, 0) is 36.2 Å². The van der Waals surface area contributed by atoms with E-state index in [1.165, 1.54) is 4.57 Å². The molecule has 1 unspecified atom stereocenters. The summed E-state index contributed by atoms with van der Waals surface area (Å²) >= 11 is 1.54. The quantitative estimate of drug-likeness (QED) is 0.722. The summed E-state index contributed by atoms with van der Waals surface area (Å²) in [5, 5.41) is 1.36. The fraction of sp³-hybridized carbons (Fsp3) is 0.190. The predicted molar refractivity (Wildman–Crippen MR) is 114 cm³/mol. The van der Waals surface area contributed by atoms with Crippen LogP contribution in [0.25, 0.3) is 10.9 Å². The number of aliphatic imine (C=N–C) groups is 1. The molecule has 0 saturated carbocycles. The van der Waals surface area contributed by atoms with Crippen LogP contribution in [-0.2, 0) is 20.1 Å². The highest BCUT2D eigenvalue weighted by atomic mass is 32.2. The Labute approximate surface area is 166 Å². The SMILES string of the molecule is C=C1N=C(N)SC1Cc1ccc(OCc2nc3ccccc3c(=O)n2C)cc1. The first-order chi connectivity index (χ1) is 13.5. The molecule has 0 saturated heterocycles. The van der Waals surface area contributed by atoms with E-state index in [1.54, 1.807) is 24.9 Å². The highest BCUT2D eigenvalue weighted by Crippen LogP contribution is 2.30. The number of ether oxygens (including phenoxy) is 1. The molecule has 2 N–H and O–H groups in total. The largest absolute Gasteiger partial charge is 0.486 e. The van der Waals surface area contributed by atoms with Crippen LogP contribution >= 0.6 is 11.8 Å².